The number of nitrogens with one attached hydrogen (secondary N) is 1. The SMILES string of the molecule is Cc1ccc(CNCC2(C(=O)O)CC2)cc1C. The van der Waals surface area contributed by atoms with Crippen molar-refractivity contribution in [3.05, 3.63) is 34.9 Å². The monoisotopic (exact) mass is 233 g/mol. The Morgan fingerprint density at radius 1 is 1.35 bits per heavy atom. The quantitative estimate of drug-likeness (QED) is 0.820. The lowest BCUT2D eigenvalue weighted by Gasteiger charge is -2.11. The molecule has 1 fully saturated rings. The van der Waals surface area contributed by atoms with Crippen molar-refractivity contribution in [3.63, 3.8) is 0 Å². The Bertz CT molecular complexity index is 436. The molecule has 0 aromatic heterocycles. The number of benzene rings is 1. The van der Waals surface area contributed by atoms with Crippen LogP contribution in [0.3, 0.4) is 0 Å². The second-order valence-corrected chi connectivity index (χ2v) is 5.11. The Kier molecular flexibility index (Phi) is 3.20. The van der Waals surface area contributed by atoms with Gasteiger partial charge in [-0.1, -0.05) is 18.2 Å². The van der Waals surface area contributed by atoms with E-state index in [2.05, 4.69) is 37.4 Å². The molecule has 17 heavy (non-hydrogen) atoms. The molecule has 2 N–H and O–H groups in total. The van der Waals surface area contributed by atoms with Crippen LogP contribution in [0.2, 0.25) is 0 Å². The normalized spacial score (nSPS) is 16.8. The molecule has 0 saturated heterocycles. The van der Waals surface area contributed by atoms with Crippen molar-refractivity contribution in [3.8, 4) is 0 Å². The molecule has 1 aliphatic carbocycles. The van der Waals surface area contributed by atoms with Gasteiger partial charge in [0.1, 0.15) is 0 Å². The van der Waals surface area contributed by atoms with Crippen LogP contribution < -0.4 is 5.32 Å². The van der Waals surface area contributed by atoms with Crippen LogP contribution in [0.4, 0.5) is 0 Å². The lowest BCUT2D eigenvalue weighted by molar-refractivity contribution is -0.143. The van der Waals surface area contributed by atoms with Crippen LogP contribution in [0.5, 0.6) is 0 Å². The van der Waals surface area contributed by atoms with E-state index in [1.165, 1.54) is 16.7 Å². The average Bonchev–Trinajstić information content (AvgIpc) is 3.04. The van der Waals surface area contributed by atoms with Crippen LogP contribution in [0.15, 0.2) is 18.2 Å². The molecule has 0 spiro atoms. The number of carbonyl (C=O) groups is 1. The van der Waals surface area contributed by atoms with Crippen LogP contribution >= 0.6 is 0 Å². The van der Waals surface area contributed by atoms with E-state index in [1.54, 1.807) is 0 Å². The molecule has 92 valence electrons. The highest BCUT2D eigenvalue weighted by atomic mass is 16.4. The largest absolute Gasteiger partial charge is 0.481 e. The van der Waals surface area contributed by atoms with Crippen molar-refractivity contribution < 1.29 is 9.90 Å². The van der Waals surface area contributed by atoms with Crippen LogP contribution in [0.25, 0.3) is 0 Å². The fourth-order valence-corrected chi connectivity index (χ4v) is 1.98. The zero-order chi connectivity index (χ0) is 12.5. The zero-order valence-electron chi connectivity index (χ0n) is 10.4. The van der Waals surface area contributed by atoms with E-state index < -0.39 is 11.4 Å². The molecule has 0 bridgehead atoms. The van der Waals surface area contributed by atoms with E-state index in [-0.39, 0.29) is 0 Å². The Morgan fingerprint density at radius 3 is 2.59 bits per heavy atom. The third kappa shape index (κ3) is 2.67. The van der Waals surface area contributed by atoms with Crippen molar-refractivity contribution in [1.82, 2.24) is 5.32 Å². The van der Waals surface area contributed by atoms with E-state index in [1.807, 2.05) is 0 Å². The Labute approximate surface area is 102 Å². The summed E-state index contributed by atoms with van der Waals surface area (Å²) in [4.78, 5) is 11.0. The van der Waals surface area contributed by atoms with Crippen LogP contribution in [0.1, 0.15) is 29.5 Å². The third-order valence-electron chi connectivity index (χ3n) is 3.67. The highest BCUT2D eigenvalue weighted by Crippen LogP contribution is 2.45. The minimum atomic E-state index is -0.662. The summed E-state index contributed by atoms with van der Waals surface area (Å²) >= 11 is 0. The smallest absolute Gasteiger partial charge is 0.310 e. The molecule has 1 aliphatic rings. The third-order valence-corrected chi connectivity index (χ3v) is 3.67. The molecule has 1 saturated carbocycles. The second kappa shape index (κ2) is 4.49. The highest BCUT2D eigenvalue weighted by Gasteiger charge is 2.49. The maximum absolute atomic E-state index is 11.0. The first kappa shape index (κ1) is 12.1. The first-order chi connectivity index (χ1) is 8.03. The molecule has 2 rings (SSSR count). The van der Waals surface area contributed by atoms with E-state index in [0.717, 1.165) is 19.4 Å². The van der Waals surface area contributed by atoms with Gasteiger partial charge in [0, 0.05) is 13.1 Å². The van der Waals surface area contributed by atoms with Crippen molar-refractivity contribution in [1.29, 1.82) is 0 Å². The van der Waals surface area contributed by atoms with Crippen LogP contribution in [-0.2, 0) is 11.3 Å². The maximum Gasteiger partial charge on any atom is 0.310 e. The summed E-state index contributed by atoms with van der Waals surface area (Å²) in [6, 6.07) is 6.36. The fraction of sp³-hybridized carbons (Fsp3) is 0.500. The molecule has 1 aromatic rings. The fourth-order valence-electron chi connectivity index (χ4n) is 1.98. The predicted molar refractivity (Wildman–Crippen MR) is 66.9 cm³/mol. The van der Waals surface area contributed by atoms with Gasteiger partial charge in [-0.15, -0.1) is 0 Å². The van der Waals surface area contributed by atoms with Gasteiger partial charge in [0.05, 0.1) is 5.41 Å². The van der Waals surface area contributed by atoms with Gasteiger partial charge in [-0.05, 0) is 43.4 Å². The second-order valence-electron chi connectivity index (χ2n) is 5.11. The lowest BCUT2D eigenvalue weighted by atomic mass is 10.1. The first-order valence-electron chi connectivity index (χ1n) is 6.04. The number of aliphatic carboxylic acids is 1. The summed E-state index contributed by atoms with van der Waals surface area (Å²) < 4.78 is 0. The van der Waals surface area contributed by atoms with Crippen molar-refractivity contribution in [2.75, 3.05) is 6.54 Å². The van der Waals surface area contributed by atoms with E-state index in [0.29, 0.717) is 6.54 Å². The molecule has 1 aromatic carbocycles. The van der Waals surface area contributed by atoms with Crippen LogP contribution in [-0.4, -0.2) is 17.6 Å². The summed E-state index contributed by atoms with van der Waals surface area (Å²) in [5.74, 6) is -0.662. The van der Waals surface area contributed by atoms with Crippen LogP contribution in [0, 0.1) is 19.3 Å². The number of carboxylic acid groups (broad SMARTS) is 1. The average molecular weight is 233 g/mol. The number of hydrogen-bond acceptors (Lipinski definition) is 2. The summed E-state index contributed by atoms with van der Waals surface area (Å²) in [7, 11) is 0. The Hall–Kier alpha value is -1.35. The van der Waals surface area contributed by atoms with Gasteiger partial charge in [0.25, 0.3) is 0 Å². The summed E-state index contributed by atoms with van der Waals surface area (Å²) in [6.07, 6.45) is 1.62. The molecule has 3 nitrogen and oxygen atoms in total. The molecular weight excluding hydrogens is 214 g/mol. The molecular formula is C14H19NO2. The first-order valence-corrected chi connectivity index (χ1v) is 6.04. The molecule has 0 heterocycles. The topological polar surface area (TPSA) is 49.3 Å². The Morgan fingerprint density at radius 2 is 2.06 bits per heavy atom. The maximum atomic E-state index is 11.0. The Balaban J connectivity index is 1.86. The molecule has 0 amide bonds. The number of carboxylic acids is 1. The lowest BCUT2D eigenvalue weighted by Crippen LogP contribution is -2.29. The highest BCUT2D eigenvalue weighted by molar-refractivity contribution is 5.78. The molecule has 3 heteroatoms. The number of aryl methyl sites for hydroxylation is 2. The number of rotatable bonds is 5. The van der Waals surface area contributed by atoms with Gasteiger partial charge >= 0.3 is 5.97 Å². The van der Waals surface area contributed by atoms with Crippen molar-refractivity contribution in [2.24, 2.45) is 5.41 Å². The number of hydrogen-bond donors (Lipinski definition) is 2. The van der Waals surface area contributed by atoms with Crippen molar-refractivity contribution >= 4 is 5.97 Å². The molecule has 0 unspecified atom stereocenters. The predicted octanol–water partition coefficient (Wildman–Crippen LogP) is 2.26. The zero-order valence-corrected chi connectivity index (χ0v) is 10.4. The van der Waals surface area contributed by atoms with Crippen molar-refractivity contribution in [2.45, 2.75) is 33.2 Å². The minimum absolute atomic E-state index is 0.472. The van der Waals surface area contributed by atoms with E-state index in [9.17, 15) is 4.79 Å². The summed E-state index contributed by atoms with van der Waals surface area (Å²) in [6.45, 7) is 5.51. The van der Waals surface area contributed by atoms with Gasteiger partial charge in [-0.3, -0.25) is 4.79 Å². The van der Waals surface area contributed by atoms with Gasteiger partial charge in [-0.25, -0.2) is 0 Å². The summed E-state index contributed by atoms with van der Waals surface area (Å²) in [5.41, 5.74) is 3.32. The van der Waals surface area contributed by atoms with E-state index >= 15 is 0 Å². The van der Waals surface area contributed by atoms with Gasteiger partial charge in [0.15, 0.2) is 0 Å². The summed E-state index contributed by atoms with van der Waals surface area (Å²) in [5, 5.41) is 12.3. The van der Waals surface area contributed by atoms with Gasteiger partial charge in [-0.2, -0.15) is 0 Å². The van der Waals surface area contributed by atoms with Gasteiger partial charge < -0.3 is 10.4 Å². The molecule has 0 radical (unpaired) electrons. The standard InChI is InChI=1S/C14H19NO2/c1-10-3-4-12(7-11(10)2)8-15-9-14(5-6-14)13(16)17/h3-4,7,15H,5-6,8-9H2,1-2H3,(H,16,17). The van der Waals surface area contributed by atoms with Gasteiger partial charge in [0.2, 0.25) is 0 Å². The minimum Gasteiger partial charge on any atom is -0.481 e. The molecule has 0 aliphatic heterocycles. The van der Waals surface area contributed by atoms with E-state index in [4.69, 9.17) is 5.11 Å². The molecule has 0 atom stereocenters.